The highest BCUT2D eigenvalue weighted by atomic mass is 32.2. The monoisotopic (exact) mass is 309 g/mol. The van der Waals surface area contributed by atoms with Crippen LogP contribution in [0.4, 0.5) is 13.2 Å². The van der Waals surface area contributed by atoms with E-state index in [0.717, 1.165) is 18.2 Å². The molecule has 20 heavy (non-hydrogen) atoms. The molecule has 2 N–H and O–H groups in total. The van der Waals surface area contributed by atoms with Crippen LogP contribution in [-0.4, -0.2) is 20.2 Å². The third kappa shape index (κ3) is 3.96. The van der Waals surface area contributed by atoms with E-state index in [4.69, 9.17) is 5.73 Å². The molecule has 3 nitrogen and oxygen atoms in total. The first-order valence-corrected chi connectivity index (χ1v) is 7.65. The van der Waals surface area contributed by atoms with Crippen LogP contribution in [-0.2, 0) is 16.0 Å². The number of halogens is 3. The van der Waals surface area contributed by atoms with E-state index in [1.807, 2.05) is 0 Å². The number of sulfone groups is 1. The zero-order valence-electron chi connectivity index (χ0n) is 11.5. The highest BCUT2D eigenvalue weighted by Crippen LogP contribution is 2.35. The van der Waals surface area contributed by atoms with Gasteiger partial charge >= 0.3 is 6.18 Å². The Kier molecular flexibility index (Phi) is 4.55. The molecule has 0 spiro atoms. The maximum absolute atomic E-state index is 12.9. The first-order chi connectivity index (χ1) is 8.86. The Morgan fingerprint density at radius 3 is 2.10 bits per heavy atom. The second kappa shape index (κ2) is 5.37. The maximum Gasteiger partial charge on any atom is 0.417 e. The molecule has 0 saturated heterocycles. The maximum atomic E-state index is 12.9. The predicted molar refractivity (Wildman–Crippen MR) is 70.9 cm³/mol. The van der Waals surface area contributed by atoms with Crippen molar-refractivity contribution in [3.05, 3.63) is 29.8 Å². The van der Waals surface area contributed by atoms with E-state index in [2.05, 4.69) is 0 Å². The van der Waals surface area contributed by atoms with E-state index in [-0.39, 0.29) is 0 Å². The molecule has 0 amide bonds. The summed E-state index contributed by atoms with van der Waals surface area (Å²) in [6.07, 6.45) is -4.71. The third-order valence-electron chi connectivity index (χ3n) is 3.04. The summed E-state index contributed by atoms with van der Waals surface area (Å²) in [6.45, 7) is 5.22. The van der Waals surface area contributed by atoms with Crippen molar-refractivity contribution in [1.82, 2.24) is 0 Å². The summed E-state index contributed by atoms with van der Waals surface area (Å²) in [5.41, 5.74) is 4.11. The summed E-state index contributed by atoms with van der Waals surface area (Å²) < 4.78 is 62.9. The molecule has 1 aromatic carbocycles. The molecular formula is C13H18F3NO2S. The summed E-state index contributed by atoms with van der Waals surface area (Å²) in [7, 11) is -4.10. The molecule has 7 heteroatoms. The van der Waals surface area contributed by atoms with Gasteiger partial charge in [0, 0.05) is 6.04 Å². The molecule has 1 rings (SSSR count). The van der Waals surface area contributed by atoms with Crippen molar-refractivity contribution in [3.63, 3.8) is 0 Å². The van der Waals surface area contributed by atoms with Gasteiger partial charge < -0.3 is 5.73 Å². The van der Waals surface area contributed by atoms with Crippen LogP contribution in [0.25, 0.3) is 0 Å². The lowest BCUT2D eigenvalue weighted by molar-refractivity contribution is -0.139. The van der Waals surface area contributed by atoms with Gasteiger partial charge in [0.1, 0.15) is 0 Å². The van der Waals surface area contributed by atoms with Crippen molar-refractivity contribution in [3.8, 4) is 0 Å². The standard InChI is InChI=1S/C13H18F3NO2S/c1-12(2,3)11(17)8-20(18,19)10-7-5-4-6-9(10)13(14,15)16/h4-7,11H,8,17H2,1-3H3. The lowest BCUT2D eigenvalue weighted by Crippen LogP contribution is -2.41. The fourth-order valence-corrected chi connectivity index (χ4v) is 3.51. The van der Waals surface area contributed by atoms with Crippen LogP contribution >= 0.6 is 0 Å². The third-order valence-corrected chi connectivity index (χ3v) is 4.86. The van der Waals surface area contributed by atoms with Gasteiger partial charge in [-0.3, -0.25) is 0 Å². The summed E-state index contributed by atoms with van der Waals surface area (Å²) >= 11 is 0. The van der Waals surface area contributed by atoms with Gasteiger partial charge in [-0.1, -0.05) is 32.9 Å². The van der Waals surface area contributed by atoms with Gasteiger partial charge in [-0.05, 0) is 17.5 Å². The minimum atomic E-state index is -4.71. The molecule has 1 atom stereocenters. The Morgan fingerprint density at radius 2 is 1.65 bits per heavy atom. The number of hydrogen-bond acceptors (Lipinski definition) is 3. The molecule has 1 aromatic rings. The number of alkyl halides is 3. The topological polar surface area (TPSA) is 60.2 Å². The highest BCUT2D eigenvalue weighted by molar-refractivity contribution is 7.91. The molecule has 0 aliphatic rings. The summed E-state index contributed by atoms with van der Waals surface area (Å²) in [5, 5.41) is 0. The average molecular weight is 309 g/mol. The predicted octanol–water partition coefficient (Wildman–Crippen LogP) is 2.85. The SMILES string of the molecule is CC(C)(C)C(N)CS(=O)(=O)c1ccccc1C(F)(F)F. The van der Waals surface area contributed by atoms with Crippen LogP contribution in [0.3, 0.4) is 0 Å². The van der Waals surface area contributed by atoms with E-state index in [0.29, 0.717) is 0 Å². The van der Waals surface area contributed by atoms with Crippen molar-refractivity contribution in [2.75, 3.05) is 5.75 Å². The Bertz CT molecular complexity index is 574. The minimum absolute atomic E-state index is 0.514. The molecule has 1 unspecified atom stereocenters. The van der Waals surface area contributed by atoms with Crippen molar-refractivity contribution >= 4 is 9.84 Å². The summed E-state index contributed by atoms with van der Waals surface area (Å²) in [6, 6.07) is 3.40. The van der Waals surface area contributed by atoms with Gasteiger partial charge in [-0.2, -0.15) is 13.2 Å². The van der Waals surface area contributed by atoms with Crippen LogP contribution in [0.15, 0.2) is 29.2 Å². The first kappa shape index (κ1) is 17.0. The van der Waals surface area contributed by atoms with Gasteiger partial charge in [0.05, 0.1) is 16.2 Å². The lowest BCUT2D eigenvalue weighted by atomic mass is 9.89. The zero-order chi connectivity index (χ0) is 15.8. The van der Waals surface area contributed by atoms with Gasteiger partial charge in [-0.15, -0.1) is 0 Å². The van der Waals surface area contributed by atoms with E-state index in [9.17, 15) is 21.6 Å². The van der Waals surface area contributed by atoms with E-state index in [1.54, 1.807) is 20.8 Å². The average Bonchev–Trinajstić information content (AvgIpc) is 2.26. The fourth-order valence-electron chi connectivity index (χ4n) is 1.55. The van der Waals surface area contributed by atoms with Crippen LogP contribution in [0.1, 0.15) is 26.3 Å². The van der Waals surface area contributed by atoms with Crippen molar-refractivity contribution < 1.29 is 21.6 Å². The van der Waals surface area contributed by atoms with Gasteiger partial charge in [0.2, 0.25) is 0 Å². The molecule has 0 radical (unpaired) electrons. The minimum Gasteiger partial charge on any atom is -0.326 e. The molecule has 0 heterocycles. The number of benzene rings is 1. The molecule has 0 aromatic heterocycles. The molecule has 0 fully saturated rings. The fraction of sp³-hybridized carbons (Fsp3) is 0.538. The Balaban J connectivity index is 3.25. The van der Waals surface area contributed by atoms with Crippen molar-refractivity contribution in [1.29, 1.82) is 0 Å². The molecule has 0 bridgehead atoms. The van der Waals surface area contributed by atoms with Gasteiger partial charge in [-0.25, -0.2) is 8.42 Å². The second-order valence-electron chi connectivity index (χ2n) is 5.75. The van der Waals surface area contributed by atoms with Crippen LogP contribution in [0.5, 0.6) is 0 Å². The molecule has 0 aliphatic heterocycles. The van der Waals surface area contributed by atoms with Crippen molar-refractivity contribution in [2.24, 2.45) is 11.1 Å². The van der Waals surface area contributed by atoms with E-state index in [1.165, 1.54) is 6.07 Å². The number of hydrogen-bond donors (Lipinski definition) is 1. The zero-order valence-corrected chi connectivity index (χ0v) is 12.3. The summed E-state index contributed by atoms with van der Waals surface area (Å²) in [5.74, 6) is -0.524. The summed E-state index contributed by atoms with van der Waals surface area (Å²) in [4.78, 5) is -0.716. The van der Waals surface area contributed by atoms with Crippen LogP contribution < -0.4 is 5.73 Å². The Morgan fingerprint density at radius 1 is 1.15 bits per heavy atom. The second-order valence-corrected chi connectivity index (χ2v) is 7.75. The van der Waals surface area contributed by atoms with Crippen molar-refractivity contribution in [2.45, 2.75) is 37.9 Å². The van der Waals surface area contributed by atoms with Crippen LogP contribution in [0, 0.1) is 5.41 Å². The number of rotatable bonds is 3. The number of nitrogens with two attached hydrogens (primary N) is 1. The largest absolute Gasteiger partial charge is 0.417 e. The van der Waals surface area contributed by atoms with Gasteiger partial charge in [0.25, 0.3) is 0 Å². The molecule has 0 saturated carbocycles. The quantitative estimate of drug-likeness (QED) is 0.934. The van der Waals surface area contributed by atoms with Gasteiger partial charge in [0.15, 0.2) is 9.84 Å². The smallest absolute Gasteiger partial charge is 0.326 e. The van der Waals surface area contributed by atoms with Crippen LogP contribution in [0.2, 0.25) is 0 Å². The molecule has 0 aliphatic carbocycles. The molecule has 114 valence electrons. The van der Waals surface area contributed by atoms with E-state index < -0.39 is 43.7 Å². The Hall–Kier alpha value is -1.08. The first-order valence-electron chi connectivity index (χ1n) is 6.00. The molecular weight excluding hydrogens is 291 g/mol. The Labute approximate surface area is 116 Å². The van der Waals surface area contributed by atoms with E-state index >= 15 is 0 Å². The normalized spacial score (nSPS) is 15.2. The lowest BCUT2D eigenvalue weighted by Gasteiger charge is -2.27. The highest BCUT2D eigenvalue weighted by Gasteiger charge is 2.38.